The number of nitrogens with two attached hydrogens (primary N) is 1. The van der Waals surface area contributed by atoms with Crippen LogP contribution in [0.2, 0.25) is 0 Å². The largest absolute Gasteiger partial charge is 0.398 e. The van der Waals surface area contributed by atoms with Gasteiger partial charge < -0.3 is 5.73 Å². The van der Waals surface area contributed by atoms with Crippen molar-refractivity contribution in [2.24, 2.45) is 0 Å². The molecule has 0 aromatic heterocycles. The molecule has 0 aliphatic rings. The number of alkyl halides is 1. The standard InChI is InChI=1S/C16H17BrN2O3/c1-2-3-4-13(17)16(20)10-5-6-11-12(9-10)14(18)7-8-15(11)19(21)22/h5-9,13H,2-4,18H2,1H3. The van der Waals surface area contributed by atoms with Gasteiger partial charge in [0.2, 0.25) is 0 Å². The number of hydrogen-bond acceptors (Lipinski definition) is 4. The second-order valence-corrected chi connectivity index (χ2v) is 6.27. The van der Waals surface area contributed by atoms with Crippen molar-refractivity contribution >= 4 is 43.9 Å². The molecule has 0 amide bonds. The Labute approximate surface area is 136 Å². The fourth-order valence-corrected chi connectivity index (χ4v) is 2.95. The van der Waals surface area contributed by atoms with E-state index in [1.165, 1.54) is 12.1 Å². The highest BCUT2D eigenvalue weighted by atomic mass is 79.9. The summed E-state index contributed by atoms with van der Waals surface area (Å²) in [5.41, 5.74) is 6.83. The van der Waals surface area contributed by atoms with Crippen LogP contribution in [-0.4, -0.2) is 15.5 Å². The van der Waals surface area contributed by atoms with Crippen LogP contribution in [0.15, 0.2) is 30.3 Å². The number of hydrogen-bond donors (Lipinski definition) is 1. The number of anilines is 1. The number of halogens is 1. The average molecular weight is 365 g/mol. The minimum Gasteiger partial charge on any atom is -0.398 e. The van der Waals surface area contributed by atoms with Crippen molar-refractivity contribution in [1.82, 2.24) is 0 Å². The Kier molecular flexibility index (Phi) is 5.13. The molecule has 2 aromatic carbocycles. The van der Waals surface area contributed by atoms with Gasteiger partial charge in [0.1, 0.15) is 0 Å². The fraction of sp³-hybridized carbons (Fsp3) is 0.312. The highest BCUT2D eigenvalue weighted by molar-refractivity contribution is 9.10. The van der Waals surface area contributed by atoms with E-state index >= 15 is 0 Å². The lowest BCUT2D eigenvalue weighted by atomic mass is 9.99. The van der Waals surface area contributed by atoms with Gasteiger partial charge in [0.05, 0.1) is 15.1 Å². The molecule has 0 spiro atoms. The average Bonchev–Trinajstić information content (AvgIpc) is 2.51. The monoisotopic (exact) mass is 364 g/mol. The van der Waals surface area contributed by atoms with Crippen LogP contribution in [0.5, 0.6) is 0 Å². The van der Waals surface area contributed by atoms with E-state index in [9.17, 15) is 14.9 Å². The summed E-state index contributed by atoms with van der Waals surface area (Å²) in [5.74, 6) is -0.0266. The van der Waals surface area contributed by atoms with Gasteiger partial charge in [-0.1, -0.05) is 41.8 Å². The number of non-ortho nitro benzene ring substituents is 1. The predicted molar refractivity (Wildman–Crippen MR) is 91.6 cm³/mol. The van der Waals surface area contributed by atoms with Gasteiger partial charge in [-0.25, -0.2) is 0 Å². The number of Topliss-reactive ketones (excluding diaryl/α,β-unsaturated/α-hetero) is 1. The Morgan fingerprint density at radius 1 is 1.32 bits per heavy atom. The maximum atomic E-state index is 12.4. The molecule has 0 aliphatic heterocycles. The summed E-state index contributed by atoms with van der Waals surface area (Å²) in [4.78, 5) is 22.8. The Morgan fingerprint density at radius 2 is 2.05 bits per heavy atom. The molecule has 22 heavy (non-hydrogen) atoms. The van der Waals surface area contributed by atoms with Crippen molar-refractivity contribution in [1.29, 1.82) is 0 Å². The smallest absolute Gasteiger partial charge is 0.277 e. The van der Waals surface area contributed by atoms with Crippen molar-refractivity contribution in [3.05, 3.63) is 46.0 Å². The van der Waals surface area contributed by atoms with Gasteiger partial charge in [0, 0.05) is 22.7 Å². The SMILES string of the molecule is CCCCC(Br)C(=O)c1ccc2c([N+](=O)[O-])ccc(N)c2c1. The van der Waals surface area contributed by atoms with Crippen LogP contribution in [0.3, 0.4) is 0 Å². The highest BCUT2D eigenvalue weighted by Crippen LogP contribution is 2.31. The number of benzene rings is 2. The number of unbranched alkanes of at least 4 members (excludes halogenated alkanes) is 1. The molecular formula is C16H17BrN2O3. The molecule has 0 bridgehead atoms. The number of ketones is 1. The third kappa shape index (κ3) is 3.27. The van der Waals surface area contributed by atoms with Gasteiger partial charge in [-0.3, -0.25) is 14.9 Å². The Hall–Kier alpha value is -1.95. The van der Waals surface area contributed by atoms with Gasteiger partial charge in [-0.05, 0) is 24.6 Å². The van der Waals surface area contributed by atoms with E-state index in [0.717, 1.165) is 19.3 Å². The first-order valence-electron chi connectivity index (χ1n) is 7.10. The van der Waals surface area contributed by atoms with Crippen LogP contribution in [0, 0.1) is 10.1 Å². The normalized spacial score (nSPS) is 12.3. The third-order valence-electron chi connectivity index (χ3n) is 3.60. The van der Waals surface area contributed by atoms with E-state index in [-0.39, 0.29) is 16.3 Å². The fourth-order valence-electron chi connectivity index (χ4n) is 2.36. The van der Waals surface area contributed by atoms with E-state index in [1.54, 1.807) is 18.2 Å². The van der Waals surface area contributed by atoms with E-state index in [0.29, 0.717) is 22.0 Å². The molecule has 2 N–H and O–H groups in total. The molecule has 116 valence electrons. The van der Waals surface area contributed by atoms with Crippen LogP contribution >= 0.6 is 15.9 Å². The number of carbonyl (C=O) groups excluding carboxylic acids is 1. The lowest BCUT2D eigenvalue weighted by molar-refractivity contribution is -0.383. The predicted octanol–water partition coefficient (Wildman–Crippen LogP) is 4.47. The molecule has 2 rings (SSSR count). The zero-order valence-electron chi connectivity index (χ0n) is 12.2. The van der Waals surface area contributed by atoms with Crippen molar-refractivity contribution in [3.8, 4) is 0 Å². The number of rotatable bonds is 6. The van der Waals surface area contributed by atoms with Gasteiger partial charge in [-0.2, -0.15) is 0 Å². The third-order valence-corrected chi connectivity index (χ3v) is 4.48. The Bertz CT molecular complexity index is 731. The molecule has 0 aliphatic carbocycles. The maximum Gasteiger partial charge on any atom is 0.277 e. The number of nitro groups is 1. The molecule has 0 heterocycles. The molecular weight excluding hydrogens is 348 g/mol. The topological polar surface area (TPSA) is 86.2 Å². The van der Waals surface area contributed by atoms with E-state index in [4.69, 9.17) is 5.73 Å². The zero-order valence-corrected chi connectivity index (χ0v) is 13.8. The summed E-state index contributed by atoms with van der Waals surface area (Å²) >= 11 is 3.41. The zero-order chi connectivity index (χ0) is 16.3. The Morgan fingerprint density at radius 3 is 2.68 bits per heavy atom. The van der Waals surface area contributed by atoms with Crippen LogP contribution in [-0.2, 0) is 0 Å². The molecule has 1 unspecified atom stereocenters. The second kappa shape index (κ2) is 6.87. The summed E-state index contributed by atoms with van der Waals surface area (Å²) in [6.45, 7) is 2.07. The summed E-state index contributed by atoms with van der Waals surface area (Å²) in [6.07, 6.45) is 2.74. The van der Waals surface area contributed by atoms with Crippen LogP contribution < -0.4 is 5.73 Å². The summed E-state index contributed by atoms with van der Waals surface area (Å²) in [6, 6.07) is 7.74. The van der Waals surface area contributed by atoms with Gasteiger partial charge in [-0.15, -0.1) is 0 Å². The first-order chi connectivity index (χ1) is 10.5. The lowest BCUT2D eigenvalue weighted by Crippen LogP contribution is -2.14. The Balaban J connectivity index is 2.44. The van der Waals surface area contributed by atoms with Crippen LogP contribution in [0.25, 0.3) is 10.8 Å². The molecule has 0 fully saturated rings. The summed E-state index contributed by atoms with van der Waals surface area (Å²) < 4.78 is 0. The lowest BCUT2D eigenvalue weighted by Gasteiger charge is -2.10. The number of fused-ring (bicyclic) bond motifs is 1. The quantitative estimate of drug-likeness (QED) is 0.269. The molecule has 5 nitrogen and oxygen atoms in total. The number of nitro benzene ring substituents is 1. The molecule has 1 atom stereocenters. The molecule has 0 radical (unpaired) electrons. The van der Waals surface area contributed by atoms with Crippen LogP contribution in [0.4, 0.5) is 11.4 Å². The van der Waals surface area contributed by atoms with Crippen LogP contribution in [0.1, 0.15) is 36.5 Å². The second-order valence-electron chi connectivity index (χ2n) is 5.17. The highest BCUT2D eigenvalue weighted by Gasteiger charge is 2.19. The molecule has 2 aromatic rings. The van der Waals surface area contributed by atoms with Gasteiger partial charge >= 0.3 is 0 Å². The van der Waals surface area contributed by atoms with E-state index in [1.807, 2.05) is 0 Å². The summed E-state index contributed by atoms with van der Waals surface area (Å²) in [7, 11) is 0. The van der Waals surface area contributed by atoms with Crippen molar-refractivity contribution in [2.75, 3.05) is 5.73 Å². The first kappa shape index (κ1) is 16.4. The minimum atomic E-state index is -0.447. The van der Waals surface area contributed by atoms with Crippen molar-refractivity contribution < 1.29 is 9.72 Å². The van der Waals surface area contributed by atoms with Crippen molar-refractivity contribution in [2.45, 2.75) is 31.0 Å². The van der Waals surface area contributed by atoms with E-state index < -0.39 is 4.92 Å². The van der Waals surface area contributed by atoms with Crippen molar-refractivity contribution in [3.63, 3.8) is 0 Å². The maximum absolute atomic E-state index is 12.4. The van der Waals surface area contributed by atoms with Gasteiger partial charge in [0.25, 0.3) is 5.69 Å². The van der Waals surface area contributed by atoms with E-state index in [2.05, 4.69) is 22.9 Å². The molecule has 0 saturated heterocycles. The minimum absolute atomic E-state index is 0.00965. The number of nitrogens with zero attached hydrogens (tertiary/aromatic N) is 1. The summed E-state index contributed by atoms with van der Waals surface area (Å²) in [5, 5.41) is 12.0. The van der Waals surface area contributed by atoms with Gasteiger partial charge in [0.15, 0.2) is 5.78 Å². The number of nitrogen functional groups attached to an aromatic ring is 1. The molecule has 6 heteroatoms. The molecule has 0 saturated carbocycles. The first-order valence-corrected chi connectivity index (χ1v) is 8.02. The number of carbonyl (C=O) groups is 1.